The monoisotopic (exact) mass is 343 g/mol. The molecule has 1 amide bonds. The van der Waals surface area contributed by atoms with Crippen LogP contribution in [0.1, 0.15) is 10.4 Å². The van der Waals surface area contributed by atoms with Gasteiger partial charge in [-0.15, -0.1) is 0 Å². The largest absolute Gasteiger partial charge is 0.331 e. The number of benzene rings is 1. The van der Waals surface area contributed by atoms with E-state index in [1.54, 1.807) is 18.5 Å². The quantitative estimate of drug-likeness (QED) is 0.879. The van der Waals surface area contributed by atoms with Crippen molar-refractivity contribution in [2.24, 2.45) is 0 Å². The fourth-order valence-electron chi connectivity index (χ4n) is 1.18. The third-order valence-corrected chi connectivity index (χ3v) is 3.06. The van der Waals surface area contributed by atoms with Crippen LogP contribution in [0.4, 0.5) is 5.95 Å². The topological polar surface area (TPSA) is 57.8 Å². The summed E-state index contributed by atoms with van der Waals surface area (Å²) in [7, 11) is 0. The minimum Gasteiger partial charge on any atom is -0.331 e. The number of hydrogen-bond acceptors (Lipinski definition) is 2. The van der Waals surface area contributed by atoms with Crippen LogP contribution < -0.4 is 5.32 Å². The number of nitrogens with zero attached hydrogens (tertiary/aromatic N) is 1. The van der Waals surface area contributed by atoms with Crippen LogP contribution in [0.25, 0.3) is 0 Å². The maximum absolute atomic E-state index is 11.8. The number of aromatic nitrogens is 2. The van der Waals surface area contributed by atoms with Crippen LogP contribution >= 0.6 is 31.9 Å². The number of rotatable bonds is 2. The number of carbonyl (C=O) groups is 1. The number of imidazole rings is 1. The molecule has 0 aliphatic heterocycles. The molecule has 0 radical (unpaired) electrons. The van der Waals surface area contributed by atoms with Gasteiger partial charge < -0.3 is 4.98 Å². The molecule has 0 bridgehead atoms. The highest BCUT2D eigenvalue weighted by Gasteiger charge is 2.11. The van der Waals surface area contributed by atoms with Gasteiger partial charge in [0.1, 0.15) is 0 Å². The third kappa shape index (κ3) is 2.51. The van der Waals surface area contributed by atoms with E-state index < -0.39 is 0 Å². The summed E-state index contributed by atoms with van der Waals surface area (Å²) >= 11 is 6.66. The molecule has 0 aliphatic rings. The Kier molecular flexibility index (Phi) is 3.40. The molecular formula is C10H7Br2N3O. The first-order valence-electron chi connectivity index (χ1n) is 4.42. The number of hydrogen-bond donors (Lipinski definition) is 2. The summed E-state index contributed by atoms with van der Waals surface area (Å²) in [6, 6.07) is 5.35. The van der Waals surface area contributed by atoms with Gasteiger partial charge in [-0.05, 0) is 34.1 Å². The minimum absolute atomic E-state index is 0.214. The van der Waals surface area contributed by atoms with Crippen LogP contribution in [0, 0.1) is 0 Å². The van der Waals surface area contributed by atoms with Crippen molar-refractivity contribution in [1.82, 2.24) is 9.97 Å². The molecule has 0 unspecified atom stereocenters. The lowest BCUT2D eigenvalue weighted by Crippen LogP contribution is -2.13. The Bertz CT molecular complexity index is 511. The molecule has 16 heavy (non-hydrogen) atoms. The first kappa shape index (κ1) is 11.3. The predicted octanol–water partition coefficient (Wildman–Crippen LogP) is 3.19. The Morgan fingerprint density at radius 2 is 2.19 bits per heavy atom. The van der Waals surface area contributed by atoms with E-state index in [9.17, 15) is 4.79 Å². The number of anilines is 1. The van der Waals surface area contributed by atoms with Crippen molar-refractivity contribution in [3.8, 4) is 0 Å². The maximum Gasteiger partial charge on any atom is 0.259 e. The molecule has 2 rings (SSSR count). The second-order valence-corrected chi connectivity index (χ2v) is 4.79. The summed E-state index contributed by atoms with van der Waals surface area (Å²) in [6.07, 6.45) is 3.22. The highest BCUT2D eigenvalue weighted by Crippen LogP contribution is 2.22. The Hall–Kier alpha value is -1.14. The summed E-state index contributed by atoms with van der Waals surface area (Å²) in [5.41, 5.74) is 0.555. The summed E-state index contributed by atoms with van der Waals surface area (Å²) in [6.45, 7) is 0. The molecule has 82 valence electrons. The first-order valence-corrected chi connectivity index (χ1v) is 6.01. The smallest absolute Gasteiger partial charge is 0.259 e. The van der Waals surface area contributed by atoms with Gasteiger partial charge in [0.05, 0.1) is 5.56 Å². The first-order chi connectivity index (χ1) is 7.66. The van der Waals surface area contributed by atoms with E-state index in [0.717, 1.165) is 8.95 Å². The molecule has 1 heterocycles. The van der Waals surface area contributed by atoms with Gasteiger partial charge in [-0.3, -0.25) is 10.1 Å². The second kappa shape index (κ2) is 4.80. The van der Waals surface area contributed by atoms with Gasteiger partial charge in [-0.25, -0.2) is 4.98 Å². The van der Waals surface area contributed by atoms with Crippen molar-refractivity contribution in [3.63, 3.8) is 0 Å². The lowest BCUT2D eigenvalue weighted by Gasteiger charge is -2.04. The van der Waals surface area contributed by atoms with Crippen molar-refractivity contribution in [3.05, 3.63) is 45.1 Å². The minimum atomic E-state index is -0.214. The van der Waals surface area contributed by atoms with E-state index in [4.69, 9.17) is 0 Å². The number of nitrogens with one attached hydrogen (secondary N) is 2. The van der Waals surface area contributed by atoms with Gasteiger partial charge in [0.2, 0.25) is 5.95 Å². The fourth-order valence-corrected chi connectivity index (χ4v) is 2.41. The number of amides is 1. The molecule has 2 N–H and O–H groups in total. The zero-order valence-corrected chi connectivity index (χ0v) is 11.2. The van der Waals surface area contributed by atoms with Gasteiger partial charge in [-0.1, -0.05) is 15.9 Å². The van der Waals surface area contributed by atoms with Crippen molar-refractivity contribution < 1.29 is 4.79 Å². The van der Waals surface area contributed by atoms with Crippen LogP contribution in [0.15, 0.2) is 39.5 Å². The maximum atomic E-state index is 11.8. The van der Waals surface area contributed by atoms with Crippen molar-refractivity contribution in [2.75, 3.05) is 5.32 Å². The second-order valence-electron chi connectivity index (χ2n) is 3.02. The van der Waals surface area contributed by atoms with Gasteiger partial charge in [-0.2, -0.15) is 0 Å². The van der Waals surface area contributed by atoms with E-state index in [0.29, 0.717) is 11.5 Å². The Balaban J connectivity index is 2.21. The molecule has 0 saturated heterocycles. The van der Waals surface area contributed by atoms with Crippen LogP contribution in [-0.4, -0.2) is 15.9 Å². The number of aromatic amines is 1. The van der Waals surface area contributed by atoms with Crippen LogP contribution in [0.3, 0.4) is 0 Å². The molecule has 4 nitrogen and oxygen atoms in total. The summed E-state index contributed by atoms with van der Waals surface area (Å²) < 4.78 is 1.64. The average Bonchev–Trinajstić information content (AvgIpc) is 2.70. The predicted molar refractivity (Wildman–Crippen MR) is 68.4 cm³/mol. The van der Waals surface area contributed by atoms with E-state index in [1.165, 1.54) is 0 Å². The molecule has 0 atom stereocenters. The molecule has 1 aromatic heterocycles. The number of H-pyrrole nitrogens is 1. The fraction of sp³-hybridized carbons (Fsp3) is 0. The normalized spacial score (nSPS) is 10.1. The number of carbonyl (C=O) groups excluding carboxylic acids is 1. The van der Waals surface area contributed by atoms with Crippen molar-refractivity contribution in [1.29, 1.82) is 0 Å². The molecule has 1 aromatic carbocycles. The summed E-state index contributed by atoms with van der Waals surface area (Å²) in [5, 5.41) is 2.65. The third-order valence-electron chi connectivity index (χ3n) is 1.91. The van der Waals surface area contributed by atoms with E-state index >= 15 is 0 Å². The van der Waals surface area contributed by atoms with Gasteiger partial charge >= 0.3 is 0 Å². The van der Waals surface area contributed by atoms with Gasteiger partial charge in [0.25, 0.3) is 5.91 Å². The van der Waals surface area contributed by atoms with Gasteiger partial charge in [0, 0.05) is 21.3 Å². The lowest BCUT2D eigenvalue weighted by molar-refractivity contribution is 0.102. The lowest BCUT2D eigenvalue weighted by atomic mass is 10.2. The molecule has 0 aliphatic carbocycles. The molecule has 6 heteroatoms. The Morgan fingerprint density at radius 1 is 1.38 bits per heavy atom. The van der Waals surface area contributed by atoms with E-state index in [2.05, 4.69) is 47.1 Å². The molecular weight excluding hydrogens is 338 g/mol. The summed E-state index contributed by atoms with van der Waals surface area (Å²) in [4.78, 5) is 18.5. The van der Waals surface area contributed by atoms with Crippen LogP contribution in [0.2, 0.25) is 0 Å². The SMILES string of the molecule is O=C(Nc1ncc[nH]1)c1ccc(Br)cc1Br. The van der Waals surface area contributed by atoms with Crippen LogP contribution in [0.5, 0.6) is 0 Å². The number of halogens is 2. The average molecular weight is 345 g/mol. The zero-order chi connectivity index (χ0) is 11.5. The highest BCUT2D eigenvalue weighted by atomic mass is 79.9. The molecule has 2 aromatic rings. The standard InChI is InChI=1S/C10H7Br2N3O/c11-6-1-2-7(8(12)5-6)9(16)15-10-13-3-4-14-10/h1-5H,(H2,13,14,15,16). The summed E-state index contributed by atoms with van der Waals surface area (Å²) in [5.74, 6) is 0.217. The van der Waals surface area contributed by atoms with Crippen molar-refractivity contribution >= 4 is 43.7 Å². The Morgan fingerprint density at radius 3 is 2.81 bits per heavy atom. The van der Waals surface area contributed by atoms with E-state index in [-0.39, 0.29) is 5.91 Å². The highest BCUT2D eigenvalue weighted by molar-refractivity contribution is 9.11. The van der Waals surface area contributed by atoms with E-state index in [1.807, 2.05) is 12.1 Å². The van der Waals surface area contributed by atoms with Gasteiger partial charge in [0.15, 0.2) is 0 Å². The van der Waals surface area contributed by atoms with Crippen LogP contribution in [-0.2, 0) is 0 Å². The Labute approximate surface area is 109 Å². The molecule has 0 saturated carbocycles. The zero-order valence-electron chi connectivity index (χ0n) is 8.00. The van der Waals surface area contributed by atoms with Crippen molar-refractivity contribution in [2.45, 2.75) is 0 Å². The molecule has 0 spiro atoms. The molecule has 0 fully saturated rings.